The Bertz CT molecular complexity index is 469. The number of amides is 1. The van der Waals surface area contributed by atoms with Gasteiger partial charge in [-0.15, -0.1) is 5.10 Å². The van der Waals surface area contributed by atoms with Gasteiger partial charge in [0.25, 0.3) is 5.91 Å². The summed E-state index contributed by atoms with van der Waals surface area (Å²) < 4.78 is 7.04. The molecule has 110 valence electrons. The Hall–Kier alpha value is -1.47. The smallest absolute Gasteiger partial charge is 0.276 e. The van der Waals surface area contributed by atoms with Crippen LogP contribution in [0.15, 0.2) is 6.20 Å². The van der Waals surface area contributed by atoms with Gasteiger partial charge in [-0.2, -0.15) is 0 Å². The van der Waals surface area contributed by atoms with Gasteiger partial charge in [0.2, 0.25) is 0 Å². The molecule has 20 heavy (non-hydrogen) atoms. The Morgan fingerprint density at radius 2 is 2.45 bits per heavy atom. The maximum atomic E-state index is 12.3. The summed E-state index contributed by atoms with van der Waals surface area (Å²) in [5, 5.41) is 11.5. The molecule has 0 radical (unpaired) electrons. The first-order valence-corrected chi connectivity index (χ1v) is 7.22. The molecule has 3 rings (SSSR count). The van der Waals surface area contributed by atoms with Crippen molar-refractivity contribution >= 4 is 5.91 Å². The molecule has 7 heteroatoms. The highest BCUT2D eigenvalue weighted by Crippen LogP contribution is 2.14. The zero-order chi connectivity index (χ0) is 13.9. The molecule has 2 unspecified atom stereocenters. The number of nitrogens with one attached hydrogen (secondary N) is 1. The average Bonchev–Trinajstić information content (AvgIpc) is 3.20. The highest BCUT2D eigenvalue weighted by molar-refractivity contribution is 5.92. The van der Waals surface area contributed by atoms with Crippen molar-refractivity contribution in [2.75, 3.05) is 26.7 Å². The third-order valence-corrected chi connectivity index (χ3v) is 4.09. The number of likely N-dealkylation sites (tertiary alicyclic amines) is 1. The van der Waals surface area contributed by atoms with Crippen LogP contribution in [0.5, 0.6) is 0 Å². The number of hydrogen-bond donors (Lipinski definition) is 1. The van der Waals surface area contributed by atoms with Crippen molar-refractivity contribution in [3.8, 4) is 0 Å². The third-order valence-electron chi connectivity index (χ3n) is 4.09. The van der Waals surface area contributed by atoms with Gasteiger partial charge in [0.15, 0.2) is 5.69 Å². The van der Waals surface area contributed by atoms with Crippen LogP contribution < -0.4 is 5.32 Å². The van der Waals surface area contributed by atoms with Gasteiger partial charge in [-0.1, -0.05) is 5.21 Å². The van der Waals surface area contributed by atoms with Crippen molar-refractivity contribution < 1.29 is 9.53 Å². The van der Waals surface area contributed by atoms with E-state index in [9.17, 15) is 4.79 Å². The average molecular weight is 279 g/mol. The molecule has 2 atom stereocenters. The fourth-order valence-electron chi connectivity index (χ4n) is 2.89. The first-order valence-electron chi connectivity index (χ1n) is 7.22. The van der Waals surface area contributed by atoms with Crippen LogP contribution in [0.4, 0.5) is 0 Å². The molecule has 2 saturated heterocycles. The van der Waals surface area contributed by atoms with E-state index in [0.29, 0.717) is 18.3 Å². The molecule has 2 aliphatic heterocycles. The summed E-state index contributed by atoms with van der Waals surface area (Å²) >= 11 is 0. The van der Waals surface area contributed by atoms with Crippen LogP contribution in [0.1, 0.15) is 29.8 Å². The van der Waals surface area contributed by atoms with Crippen molar-refractivity contribution in [3.63, 3.8) is 0 Å². The van der Waals surface area contributed by atoms with E-state index in [2.05, 4.69) is 15.6 Å². The van der Waals surface area contributed by atoms with E-state index in [0.717, 1.165) is 32.5 Å². The molecule has 0 aliphatic carbocycles. The standard InChI is InChI=1S/C13H21N5O2/c1-20-11-4-6-17(8-11)13(19)12-9-18(16-15-12)7-10-3-2-5-14-10/h9-11,14H,2-8H2,1H3. The summed E-state index contributed by atoms with van der Waals surface area (Å²) in [5.41, 5.74) is 0.430. The lowest BCUT2D eigenvalue weighted by Crippen LogP contribution is -2.30. The van der Waals surface area contributed by atoms with Gasteiger partial charge in [0.1, 0.15) is 0 Å². The summed E-state index contributed by atoms with van der Waals surface area (Å²) in [6, 6.07) is 0.448. The van der Waals surface area contributed by atoms with Gasteiger partial charge in [0.05, 0.1) is 18.8 Å². The van der Waals surface area contributed by atoms with Crippen LogP contribution in [0, 0.1) is 0 Å². The topological polar surface area (TPSA) is 72.3 Å². The minimum atomic E-state index is -0.0461. The monoisotopic (exact) mass is 279 g/mol. The molecule has 1 amide bonds. The number of carbonyl (C=O) groups excluding carboxylic acids is 1. The molecule has 2 aliphatic rings. The van der Waals surface area contributed by atoms with Gasteiger partial charge >= 0.3 is 0 Å². The molecular weight excluding hydrogens is 258 g/mol. The Labute approximate surface area is 118 Å². The molecule has 2 fully saturated rings. The Balaban J connectivity index is 1.59. The fraction of sp³-hybridized carbons (Fsp3) is 0.769. The molecule has 0 spiro atoms. The van der Waals surface area contributed by atoms with E-state index in [1.54, 1.807) is 22.9 Å². The van der Waals surface area contributed by atoms with Crippen molar-refractivity contribution in [3.05, 3.63) is 11.9 Å². The van der Waals surface area contributed by atoms with Crippen molar-refractivity contribution in [2.45, 2.75) is 38.0 Å². The van der Waals surface area contributed by atoms with Crippen LogP contribution >= 0.6 is 0 Å². The predicted octanol–water partition coefficient (Wildman–Crippen LogP) is -0.109. The lowest BCUT2D eigenvalue weighted by atomic mass is 10.2. The van der Waals surface area contributed by atoms with E-state index in [4.69, 9.17) is 4.74 Å². The van der Waals surface area contributed by atoms with Crippen LogP contribution in [0.25, 0.3) is 0 Å². The summed E-state index contributed by atoms with van der Waals surface area (Å²) in [7, 11) is 1.68. The number of carbonyl (C=O) groups is 1. The number of methoxy groups -OCH3 is 1. The van der Waals surface area contributed by atoms with Gasteiger partial charge in [-0.05, 0) is 25.8 Å². The Morgan fingerprint density at radius 3 is 3.15 bits per heavy atom. The second-order valence-electron chi connectivity index (χ2n) is 5.52. The van der Waals surface area contributed by atoms with Crippen molar-refractivity contribution in [2.24, 2.45) is 0 Å². The quantitative estimate of drug-likeness (QED) is 0.832. The summed E-state index contributed by atoms with van der Waals surface area (Å²) in [5.74, 6) is -0.0461. The van der Waals surface area contributed by atoms with Gasteiger partial charge in [0, 0.05) is 26.2 Å². The first-order chi connectivity index (χ1) is 9.76. The molecule has 1 aromatic heterocycles. The second kappa shape index (κ2) is 5.88. The highest BCUT2D eigenvalue weighted by Gasteiger charge is 2.28. The van der Waals surface area contributed by atoms with Crippen molar-refractivity contribution in [1.82, 2.24) is 25.2 Å². The van der Waals surface area contributed by atoms with E-state index < -0.39 is 0 Å². The number of aromatic nitrogens is 3. The molecule has 1 N–H and O–H groups in total. The van der Waals surface area contributed by atoms with E-state index >= 15 is 0 Å². The van der Waals surface area contributed by atoms with Gasteiger partial charge in [-0.25, -0.2) is 0 Å². The lowest BCUT2D eigenvalue weighted by Gasteiger charge is -2.14. The Morgan fingerprint density at radius 1 is 1.55 bits per heavy atom. The van der Waals surface area contributed by atoms with E-state index in [1.165, 1.54) is 6.42 Å². The Kier molecular flexibility index (Phi) is 3.98. The van der Waals surface area contributed by atoms with E-state index in [1.807, 2.05) is 0 Å². The minimum absolute atomic E-state index is 0.0461. The van der Waals surface area contributed by atoms with Crippen LogP contribution in [-0.2, 0) is 11.3 Å². The maximum absolute atomic E-state index is 12.3. The summed E-state index contributed by atoms with van der Waals surface area (Å²) in [6.45, 7) is 3.22. The fourth-order valence-corrected chi connectivity index (χ4v) is 2.89. The second-order valence-corrected chi connectivity index (χ2v) is 5.52. The van der Waals surface area contributed by atoms with Crippen LogP contribution in [0.3, 0.4) is 0 Å². The third kappa shape index (κ3) is 2.83. The van der Waals surface area contributed by atoms with Crippen LogP contribution in [0.2, 0.25) is 0 Å². The van der Waals surface area contributed by atoms with Gasteiger partial charge in [-0.3, -0.25) is 9.48 Å². The predicted molar refractivity (Wildman–Crippen MR) is 72.4 cm³/mol. The van der Waals surface area contributed by atoms with Gasteiger partial charge < -0.3 is 15.0 Å². The zero-order valence-corrected chi connectivity index (χ0v) is 11.8. The number of nitrogens with zero attached hydrogens (tertiary/aromatic N) is 4. The molecule has 1 aromatic rings. The lowest BCUT2D eigenvalue weighted by molar-refractivity contribution is 0.0719. The van der Waals surface area contributed by atoms with Crippen molar-refractivity contribution in [1.29, 1.82) is 0 Å². The largest absolute Gasteiger partial charge is 0.380 e. The number of rotatable bonds is 4. The molecule has 7 nitrogen and oxygen atoms in total. The molecule has 3 heterocycles. The first kappa shape index (κ1) is 13.5. The normalized spacial score (nSPS) is 26.4. The summed E-state index contributed by atoms with van der Waals surface area (Å²) in [6.07, 6.45) is 5.16. The molecule has 0 saturated carbocycles. The molecule has 0 bridgehead atoms. The molecule has 0 aromatic carbocycles. The molecular formula is C13H21N5O2. The zero-order valence-electron chi connectivity index (χ0n) is 11.8. The number of ether oxygens (including phenoxy) is 1. The van der Waals surface area contributed by atoms with Crippen LogP contribution in [-0.4, -0.2) is 64.7 Å². The maximum Gasteiger partial charge on any atom is 0.276 e. The highest BCUT2D eigenvalue weighted by atomic mass is 16.5. The number of hydrogen-bond acceptors (Lipinski definition) is 5. The summed E-state index contributed by atoms with van der Waals surface area (Å²) in [4.78, 5) is 14.1. The van der Waals surface area contributed by atoms with E-state index in [-0.39, 0.29) is 12.0 Å². The minimum Gasteiger partial charge on any atom is -0.380 e. The SMILES string of the molecule is COC1CCN(C(=O)c2cn(CC3CCCN3)nn2)C1.